The van der Waals surface area contributed by atoms with Crippen molar-refractivity contribution in [2.24, 2.45) is 0 Å². The summed E-state index contributed by atoms with van der Waals surface area (Å²) in [6.45, 7) is 6.94. The molecule has 12 heteroatoms. The van der Waals surface area contributed by atoms with E-state index in [0.717, 1.165) is 18.5 Å². The van der Waals surface area contributed by atoms with Gasteiger partial charge in [0.05, 0.1) is 32.8 Å². The van der Waals surface area contributed by atoms with Crippen LogP contribution in [0.5, 0.6) is 0 Å². The molecule has 42 heavy (non-hydrogen) atoms. The summed E-state index contributed by atoms with van der Waals surface area (Å²) >= 11 is 0. The summed E-state index contributed by atoms with van der Waals surface area (Å²) in [6.07, 6.45) is 6.42. The van der Waals surface area contributed by atoms with E-state index < -0.39 is 0 Å². The first-order chi connectivity index (χ1) is 20.7. The molecule has 0 spiro atoms. The van der Waals surface area contributed by atoms with E-state index in [1.165, 1.54) is 5.56 Å². The standard InChI is InChI=1S/C30H39N9O3/c1-24-8-10-25(11-9-24)22-35-30-37-28(33-12-5-16-39-17-13-31-23-39)36-29(38-30)34-15-19-42-21-20-41-18-14-32-27(40)26-6-3-2-4-7-26/h2-4,6-11,13,17,23H,5,12,14-16,18-22H2,1H3,(H,32,40)(H3,33,34,35,36,37,38). The van der Waals surface area contributed by atoms with Crippen molar-refractivity contribution in [2.45, 2.75) is 26.4 Å². The zero-order valence-corrected chi connectivity index (χ0v) is 24.0. The molecule has 0 aliphatic carbocycles. The van der Waals surface area contributed by atoms with Crippen molar-refractivity contribution >= 4 is 23.8 Å². The van der Waals surface area contributed by atoms with Gasteiger partial charge in [-0.2, -0.15) is 15.0 Å². The van der Waals surface area contributed by atoms with Crippen LogP contribution in [0.3, 0.4) is 0 Å². The Labute approximate surface area is 246 Å². The minimum Gasteiger partial charge on any atom is -0.377 e. The molecule has 2 aromatic carbocycles. The van der Waals surface area contributed by atoms with Crippen LogP contribution < -0.4 is 21.3 Å². The summed E-state index contributed by atoms with van der Waals surface area (Å²) in [5.41, 5.74) is 2.99. The fourth-order valence-electron chi connectivity index (χ4n) is 3.87. The second kappa shape index (κ2) is 17.3. The molecular formula is C30H39N9O3. The van der Waals surface area contributed by atoms with Crippen LogP contribution in [0.25, 0.3) is 0 Å². The summed E-state index contributed by atoms with van der Waals surface area (Å²) in [4.78, 5) is 29.7. The number of amides is 1. The number of aromatic nitrogens is 5. The third kappa shape index (κ3) is 11.1. The summed E-state index contributed by atoms with van der Waals surface area (Å²) in [6, 6.07) is 17.4. The maximum Gasteiger partial charge on any atom is 0.251 e. The Hall–Kier alpha value is -4.55. The van der Waals surface area contributed by atoms with E-state index in [0.29, 0.717) is 76.0 Å². The molecule has 2 heterocycles. The normalized spacial score (nSPS) is 10.8. The Morgan fingerprint density at radius 3 is 2.14 bits per heavy atom. The number of nitrogens with one attached hydrogen (secondary N) is 4. The molecule has 4 aromatic rings. The molecule has 0 saturated carbocycles. The van der Waals surface area contributed by atoms with Crippen molar-refractivity contribution in [3.8, 4) is 0 Å². The summed E-state index contributed by atoms with van der Waals surface area (Å²) in [7, 11) is 0. The highest BCUT2D eigenvalue weighted by molar-refractivity contribution is 5.94. The van der Waals surface area contributed by atoms with Gasteiger partial charge in [-0.05, 0) is 31.0 Å². The van der Waals surface area contributed by atoms with Crippen molar-refractivity contribution < 1.29 is 14.3 Å². The van der Waals surface area contributed by atoms with E-state index in [1.807, 2.05) is 29.0 Å². The van der Waals surface area contributed by atoms with Crippen molar-refractivity contribution in [3.05, 3.63) is 90.0 Å². The molecule has 0 saturated heterocycles. The zero-order valence-electron chi connectivity index (χ0n) is 24.0. The van der Waals surface area contributed by atoms with Crippen LogP contribution in [0.2, 0.25) is 0 Å². The van der Waals surface area contributed by atoms with Crippen LogP contribution in [0.15, 0.2) is 73.3 Å². The van der Waals surface area contributed by atoms with Gasteiger partial charge < -0.3 is 35.3 Å². The minimum absolute atomic E-state index is 0.110. The number of anilines is 3. The third-order valence-electron chi connectivity index (χ3n) is 6.11. The lowest BCUT2D eigenvalue weighted by atomic mass is 10.1. The number of hydrogen-bond acceptors (Lipinski definition) is 10. The molecule has 0 bridgehead atoms. The molecule has 0 radical (unpaired) electrons. The minimum atomic E-state index is -0.110. The molecule has 1 amide bonds. The highest BCUT2D eigenvalue weighted by atomic mass is 16.5. The number of ether oxygens (including phenoxy) is 2. The van der Waals surface area contributed by atoms with E-state index in [1.54, 1.807) is 24.7 Å². The molecule has 2 aromatic heterocycles. The first-order valence-corrected chi connectivity index (χ1v) is 14.1. The molecule has 0 fully saturated rings. The predicted molar refractivity (Wildman–Crippen MR) is 163 cm³/mol. The second-order valence-electron chi connectivity index (χ2n) is 9.50. The van der Waals surface area contributed by atoms with Crippen LogP contribution in [-0.2, 0) is 22.6 Å². The molecule has 0 aliphatic rings. The lowest BCUT2D eigenvalue weighted by Crippen LogP contribution is -2.27. The van der Waals surface area contributed by atoms with Gasteiger partial charge in [0.15, 0.2) is 0 Å². The largest absolute Gasteiger partial charge is 0.377 e. The van der Waals surface area contributed by atoms with Gasteiger partial charge >= 0.3 is 0 Å². The highest BCUT2D eigenvalue weighted by Crippen LogP contribution is 2.12. The number of aryl methyl sites for hydroxylation is 2. The van der Waals surface area contributed by atoms with E-state index in [-0.39, 0.29) is 5.91 Å². The maximum atomic E-state index is 12.0. The first-order valence-electron chi connectivity index (χ1n) is 14.1. The summed E-state index contributed by atoms with van der Waals surface area (Å²) in [5.74, 6) is 1.33. The summed E-state index contributed by atoms with van der Waals surface area (Å²) < 4.78 is 13.2. The van der Waals surface area contributed by atoms with Crippen molar-refractivity contribution in [1.82, 2.24) is 29.8 Å². The van der Waals surface area contributed by atoms with E-state index >= 15 is 0 Å². The molecule has 222 valence electrons. The fourth-order valence-corrected chi connectivity index (χ4v) is 3.87. The molecule has 0 unspecified atom stereocenters. The maximum absolute atomic E-state index is 12.0. The number of carbonyl (C=O) groups is 1. The predicted octanol–water partition coefficient (Wildman–Crippen LogP) is 3.37. The monoisotopic (exact) mass is 573 g/mol. The Bertz CT molecular complexity index is 1320. The number of hydrogen-bond donors (Lipinski definition) is 4. The number of carbonyl (C=O) groups excluding carboxylic acids is 1. The van der Waals surface area contributed by atoms with Crippen LogP contribution >= 0.6 is 0 Å². The number of rotatable bonds is 19. The number of benzene rings is 2. The van der Waals surface area contributed by atoms with Gasteiger partial charge in [0.25, 0.3) is 5.91 Å². The van der Waals surface area contributed by atoms with Gasteiger partial charge in [-0.1, -0.05) is 48.0 Å². The SMILES string of the molecule is Cc1ccc(CNc2nc(NCCCn3ccnc3)nc(NCCOCCOCCNC(=O)c3ccccc3)n2)cc1. The average molecular weight is 574 g/mol. The second-order valence-corrected chi connectivity index (χ2v) is 9.50. The van der Waals surface area contributed by atoms with Gasteiger partial charge in [-0.3, -0.25) is 4.79 Å². The topological polar surface area (TPSA) is 140 Å². The van der Waals surface area contributed by atoms with Gasteiger partial charge in [0.1, 0.15) is 0 Å². The van der Waals surface area contributed by atoms with Gasteiger partial charge in [-0.15, -0.1) is 0 Å². The Morgan fingerprint density at radius 1 is 0.786 bits per heavy atom. The number of imidazole rings is 1. The Morgan fingerprint density at radius 2 is 1.45 bits per heavy atom. The Kier molecular flexibility index (Phi) is 12.5. The van der Waals surface area contributed by atoms with Crippen LogP contribution in [0, 0.1) is 6.92 Å². The molecule has 4 rings (SSSR count). The first kappa shape index (κ1) is 30.4. The van der Waals surface area contributed by atoms with Gasteiger partial charge in [0, 0.05) is 50.7 Å². The average Bonchev–Trinajstić information content (AvgIpc) is 3.54. The zero-order chi connectivity index (χ0) is 29.2. The molecule has 0 aliphatic heterocycles. The fraction of sp³-hybridized carbons (Fsp3) is 0.367. The molecular weight excluding hydrogens is 534 g/mol. The Balaban J connectivity index is 1.15. The molecule has 4 N–H and O–H groups in total. The molecule has 0 atom stereocenters. The number of nitrogens with zero attached hydrogens (tertiary/aromatic N) is 5. The molecule has 12 nitrogen and oxygen atoms in total. The lowest BCUT2D eigenvalue weighted by Gasteiger charge is -2.12. The lowest BCUT2D eigenvalue weighted by molar-refractivity contribution is 0.0519. The van der Waals surface area contributed by atoms with Gasteiger partial charge in [0.2, 0.25) is 17.8 Å². The quantitative estimate of drug-likeness (QED) is 0.123. The van der Waals surface area contributed by atoms with Crippen LogP contribution in [0.4, 0.5) is 17.8 Å². The van der Waals surface area contributed by atoms with Crippen molar-refractivity contribution in [2.75, 3.05) is 62.0 Å². The van der Waals surface area contributed by atoms with Crippen molar-refractivity contribution in [3.63, 3.8) is 0 Å². The van der Waals surface area contributed by atoms with E-state index in [4.69, 9.17) is 9.47 Å². The highest BCUT2D eigenvalue weighted by Gasteiger charge is 2.07. The van der Waals surface area contributed by atoms with Crippen LogP contribution in [-0.4, -0.2) is 76.5 Å². The van der Waals surface area contributed by atoms with Crippen LogP contribution in [0.1, 0.15) is 27.9 Å². The third-order valence-corrected chi connectivity index (χ3v) is 6.11. The smallest absolute Gasteiger partial charge is 0.251 e. The van der Waals surface area contributed by atoms with Crippen molar-refractivity contribution in [1.29, 1.82) is 0 Å². The van der Waals surface area contributed by atoms with Gasteiger partial charge in [-0.25, -0.2) is 4.98 Å². The van der Waals surface area contributed by atoms with E-state index in [9.17, 15) is 4.79 Å². The summed E-state index contributed by atoms with van der Waals surface area (Å²) in [5, 5.41) is 12.6. The van der Waals surface area contributed by atoms with E-state index in [2.05, 4.69) is 72.4 Å².